The lowest BCUT2D eigenvalue weighted by Gasteiger charge is -2.12. The van der Waals surface area contributed by atoms with Gasteiger partial charge in [-0.05, 0) is 12.8 Å². The molecule has 1 N–H and O–H groups in total. The topological polar surface area (TPSA) is 55.6 Å². The molecule has 5 nitrogen and oxygen atoms in total. The summed E-state index contributed by atoms with van der Waals surface area (Å²) in [5.74, 6) is 0.968. The lowest BCUT2D eigenvalue weighted by atomic mass is 10.2. The number of aromatic nitrogens is 4. The number of anilines is 1. The van der Waals surface area contributed by atoms with Crippen LogP contribution in [-0.4, -0.2) is 26.3 Å². The van der Waals surface area contributed by atoms with Gasteiger partial charge < -0.3 is 5.32 Å². The van der Waals surface area contributed by atoms with Crippen LogP contribution >= 0.6 is 11.8 Å². The summed E-state index contributed by atoms with van der Waals surface area (Å²) in [6, 6.07) is 0. The SMILES string of the molecule is CCCNc1ncnc(Sc2cnn(C)c2)c1CCC. The average molecular weight is 291 g/mol. The number of rotatable bonds is 7. The van der Waals surface area contributed by atoms with Gasteiger partial charge in [-0.2, -0.15) is 5.10 Å². The van der Waals surface area contributed by atoms with Gasteiger partial charge in [-0.15, -0.1) is 0 Å². The highest BCUT2D eigenvalue weighted by Crippen LogP contribution is 2.31. The maximum atomic E-state index is 4.45. The monoisotopic (exact) mass is 291 g/mol. The minimum Gasteiger partial charge on any atom is -0.370 e. The Kier molecular flexibility index (Phi) is 5.40. The van der Waals surface area contributed by atoms with E-state index in [4.69, 9.17) is 0 Å². The maximum absolute atomic E-state index is 4.45. The number of nitrogens with one attached hydrogen (secondary N) is 1. The fraction of sp³-hybridized carbons (Fsp3) is 0.500. The van der Waals surface area contributed by atoms with Crippen LogP contribution in [0.5, 0.6) is 0 Å². The zero-order chi connectivity index (χ0) is 14.4. The number of aryl methyl sites for hydroxylation is 1. The van der Waals surface area contributed by atoms with E-state index in [1.807, 2.05) is 19.4 Å². The second-order valence-corrected chi connectivity index (χ2v) is 5.70. The lowest BCUT2D eigenvalue weighted by molar-refractivity contribution is 0.766. The van der Waals surface area contributed by atoms with Gasteiger partial charge in [0, 0.05) is 25.4 Å². The van der Waals surface area contributed by atoms with E-state index in [9.17, 15) is 0 Å². The van der Waals surface area contributed by atoms with E-state index >= 15 is 0 Å². The van der Waals surface area contributed by atoms with Gasteiger partial charge in [-0.1, -0.05) is 32.0 Å². The summed E-state index contributed by atoms with van der Waals surface area (Å²) in [6.07, 6.45) is 8.64. The first-order valence-corrected chi connectivity index (χ1v) is 7.80. The van der Waals surface area contributed by atoms with Crippen molar-refractivity contribution < 1.29 is 0 Å². The van der Waals surface area contributed by atoms with E-state index in [-0.39, 0.29) is 0 Å². The molecule has 6 heteroatoms. The van der Waals surface area contributed by atoms with E-state index in [0.29, 0.717) is 0 Å². The molecule has 0 spiro atoms. The molecule has 0 bridgehead atoms. The van der Waals surface area contributed by atoms with Crippen molar-refractivity contribution in [3.8, 4) is 0 Å². The van der Waals surface area contributed by atoms with Gasteiger partial charge in [0.15, 0.2) is 0 Å². The summed E-state index contributed by atoms with van der Waals surface area (Å²) in [4.78, 5) is 9.93. The van der Waals surface area contributed by atoms with E-state index in [0.717, 1.165) is 41.5 Å². The summed E-state index contributed by atoms with van der Waals surface area (Å²) in [7, 11) is 1.92. The number of hydrogen-bond donors (Lipinski definition) is 1. The Morgan fingerprint density at radius 2 is 2.10 bits per heavy atom. The summed E-state index contributed by atoms with van der Waals surface area (Å²) < 4.78 is 1.80. The van der Waals surface area contributed by atoms with Crippen LogP contribution in [0.15, 0.2) is 28.6 Å². The molecule has 0 saturated carbocycles. The van der Waals surface area contributed by atoms with Crippen LogP contribution in [-0.2, 0) is 13.5 Å². The highest BCUT2D eigenvalue weighted by Gasteiger charge is 2.12. The van der Waals surface area contributed by atoms with Gasteiger partial charge in [0.1, 0.15) is 17.2 Å². The van der Waals surface area contributed by atoms with Gasteiger partial charge >= 0.3 is 0 Å². The average Bonchev–Trinajstić information content (AvgIpc) is 2.85. The molecule has 0 unspecified atom stereocenters. The molecule has 0 aliphatic rings. The zero-order valence-electron chi connectivity index (χ0n) is 12.3. The second-order valence-electron chi connectivity index (χ2n) is 4.63. The van der Waals surface area contributed by atoms with Crippen LogP contribution in [0.25, 0.3) is 0 Å². The van der Waals surface area contributed by atoms with Gasteiger partial charge in [0.2, 0.25) is 0 Å². The van der Waals surface area contributed by atoms with Crippen molar-refractivity contribution in [1.82, 2.24) is 19.7 Å². The molecule has 0 atom stereocenters. The summed E-state index contributed by atoms with van der Waals surface area (Å²) >= 11 is 1.65. The Balaban J connectivity index is 2.25. The third-order valence-corrected chi connectivity index (χ3v) is 3.84. The molecule has 2 aromatic heterocycles. The molecule has 108 valence electrons. The van der Waals surface area contributed by atoms with Crippen molar-refractivity contribution >= 4 is 17.6 Å². The third kappa shape index (κ3) is 3.72. The van der Waals surface area contributed by atoms with Crippen LogP contribution in [0, 0.1) is 0 Å². The van der Waals surface area contributed by atoms with Gasteiger partial charge in [-0.3, -0.25) is 4.68 Å². The quantitative estimate of drug-likeness (QED) is 0.794. The molecule has 0 amide bonds. The normalized spacial score (nSPS) is 10.8. The molecule has 20 heavy (non-hydrogen) atoms. The largest absolute Gasteiger partial charge is 0.370 e. The van der Waals surface area contributed by atoms with Gasteiger partial charge in [-0.25, -0.2) is 9.97 Å². The van der Waals surface area contributed by atoms with Crippen molar-refractivity contribution in [1.29, 1.82) is 0 Å². The van der Waals surface area contributed by atoms with Crippen LogP contribution in [0.1, 0.15) is 32.3 Å². The molecule has 0 fully saturated rings. The first-order valence-electron chi connectivity index (χ1n) is 6.98. The Bertz CT molecular complexity index is 552. The maximum Gasteiger partial charge on any atom is 0.133 e. The molecule has 0 aliphatic heterocycles. The van der Waals surface area contributed by atoms with E-state index < -0.39 is 0 Å². The first-order chi connectivity index (χ1) is 9.74. The molecular formula is C14H21N5S. The van der Waals surface area contributed by atoms with Gasteiger partial charge in [0.25, 0.3) is 0 Å². The van der Waals surface area contributed by atoms with Crippen molar-refractivity contribution in [2.75, 3.05) is 11.9 Å². The smallest absolute Gasteiger partial charge is 0.133 e. The molecule has 2 aromatic rings. The molecule has 2 rings (SSSR count). The van der Waals surface area contributed by atoms with E-state index in [2.05, 4.69) is 34.2 Å². The summed E-state index contributed by atoms with van der Waals surface area (Å²) in [6.45, 7) is 5.26. The minimum absolute atomic E-state index is 0.935. The summed E-state index contributed by atoms with van der Waals surface area (Å²) in [5, 5.41) is 8.61. The predicted molar refractivity (Wildman–Crippen MR) is 82.1 cm³/mol. The van der Waals surface area contributed by atoms with Crippen molar-refractivity contribution in [2.45, 2.75) is 43.0 Å². The van der Waals surface area contributed by atoms with Crippen LogP contribution in [0.3, 0.4) is 0 Å². The Labute approximate surface area is 124 Å². The molecular weight excluding hydrogens is 270 g/mol. The fourth-order valence-corrected chi connectivity index (χ4v) is 2.87. The minimum atomic E-state index is 0.935. The van der Waals surface area contributed by atoms with Crippen LogP contribution < -0.4 is 5.32 Å². The van der Waals surface area contributed by atoms with Gasteiger partial charge in [0.05, 0.1) is 11.1 Å². The molecule has 0 radical (unpaired) electrons. The number of nitrogens with zero attached hydrogens (tertiary/aromatic N) is 4. The third-order valence-electron chi connectivity index (χ3n) is 2.84. The van der Waals surface area contributed by atoms with E-state index in [1.54, 1.807) is 22.8 Å². The van der Waals surface area contributed by atoms with Crippen molar-refractivity contribution in [3.63, 3.8) is 0 Å². The zero-order valence-corrected chi connectivity index (χ0v) is 13.1. The molecule has 0 saturated heterocycles. The summed E-state index contributed by atoms with van der Waals surface area (Å²) in [5.41, 5.74) is 1.21. The predicted octanol–water partition coefficient (Wildman–Crippen LogP) is 3.14. The Hall–Kier alpha value is -1.56. The highest BCUT2D eigenvalue weighted by molar-refractivity contribution is 7.99. The lowest BCUT2D eigenvalue weighted by Crippen LogP contribution is -2.07. The first kappa shape index (κ1) is 14.8. The van der Waals surface area contributed by atoms with Crippen molar-refractivity contribution in [2.24, 2.45) is 7.05 Å². The fourth-order valence-electron chi connectivity index (χ4n) is 1.92. The highest BCUT2D eigenvalue weighted by atomic mass is 32.2. The Morgan fingerprint density at radius 1 is 1.25 bits per heavy atom. The van der Waals surface area contributed by atoms with Crippen LogP contribution in [0.4, 0.5) is 5.82 Å². The number of hydrogen-bond acceptors (Lipinski definition) is 5. The molecule has 2 heterocycles. The molecule has 0 aromatic carbocycles. The Morgan fingerprint density at radius 3 is 2.75 bits per heavy atom. The van der Waals surface area contributed by atoms with E-state index in [1.165, 1.54) is 5.56 Å². The standard InChI is InChI=1S/C14H21N5S/c1-4-6-12-13(15-7-5-2)16-10-17-14(12)20-11-8-18-19(3)9-11/h8-10H,4-7H2,1-3H3,(H,15,16,17). The van der Waals surface area contributed by atoms with Crippen LogP contribution in [0.2, 0.25) is 0 Å². The molecule has 0 aliphatic carbocycles. The van der Waals surface area contributed by atoms with Crippen molar-refractivity contribution in [3.05, 3.63) is 24.3 Å². The second kappa shape index (κ2) is 7.28.